The highest BCUT2D eigenvalue weighted by atomic mass is 79.9. The van der Waals surface area contributed by atoms with Gasteiger partial charge in [0, 0.05) is 4.47 Å². The molecule has 0 heterocycles. The SMILES string of the molecule is C=[C]c1ccc(CC)c(Br)c1. The zero-order chi connectivity index (χ0) is 8.27. The first-order valence-corrected chi connectivity index (χ1v) is 4.38. The topological polar surface area (TPSA) is 0 Å². The molecule has 0 fully saturated rings. The van der Waals surface area contributed by atoms with Crippen LogP contribution >= 0.6 is 15.9 Å². The van der Waals surface area contributed by atoms with Crippen molar-refractivity contribution < 1.29 is 0 Å². The van der Waals surface area contributed by atoms with Crippen LogP contribution in [0.25, 0.3) is 0 Å². The minimum atomic E-state index is 1.04. The summed E-state index contributed by atoms with van der Waals surface area (Å²) >= 11 is 3.48. The molecule has 0 saturated heterocycles. The van der Waals surface area contributed by atoms with Gasteiger partial charge >= 0.3 is 0 Å². The van der Waals surface area contributed by atoms with Crippen molar-refractivity contribution in [1.29, 1.82) is 0 Å². The number of halogens is 1. The smallest absolute Gasteiger partial charge is 0.0213 e. The van der Waals surface area contributed by atoms with Crippen molar-refractivity contribution in [2.75, 3.05) is 0 Å². The van der Waals surface area contributed by atoms with E-state index in [9.17, 15) is 0 Å². The van der Waals surface area contributed by atoms with E-state index in [-0.39, 0.29) is 0 Å². The minimum Gasteiger partial charge on any atom is -0.0906 e. The molecule has 0 aliphatic rings. The monoisotopic (exact) mass is 209 g/mol. The van der Waals surface area contributed by atoms with Gasteiger partial charge in [-0.3, -0.25) is 0 Å². The molecular formula is C10H10Br. The maximum atomic E-state index is 3.58. The summed E-state index contributed by atoms with van der Waals surface area (Å²) in [6, 6.07) is 6.15. The molecule has 0 nitrogen and oxygen atoms in total. The van der Waals surface area contributed by atoms with Crippen LogP contribution in [0.15, 0.2) is 29.3 Å². The van der Waals surface area contributed by atoms with Crippen LogP contribution in [0.4, 0.5) is 0 Å². The van der Waals surface area contributed by atoms with E-state index in [1.165, 1.54) is 5.56 Å². The standard InChI is InChI=1S/C10H10Br/c1-3-8-5-6-9(4-2)10(11)7-8/h5-7H,1,4H2,2H3. The van der Waals surface area contributed by atoms with Gasteiger partial charge in [0.05, 0.1) is 0 Å². The fraction of sp³-hybridized carbons (Fsp3) is 0.200. The first-order valence-electron chi connectivity index (χ1n) is 3.59. The summed E-state index contributed by atoms with van der Waals surface area (Å²) in [5.74, 6) is 0. The van der Waals surface area contributed by atoms with E-state index in [0.717, 1.165) is 16.5 Å². The number of hydrogen-bond acceptors (Lipinski definition) is 0. The van der Waals surface area contributed by atoms with Crippen molar-refractivity contribution >= 4 is 15.9 Å². The van der Waals surface area contributed by atoms with Crippen LogP contribution in [0, 0.1) is 6.08 Å². The second-order valence-corrected chi connectivity index (χ2v) is 3.19. The van der Waals surface area contributed by atoms with Gasteiger partial charge in [-0.05, 0) is 29.7 Å². The number of rotatable bonds is 2. The third-order valence-electron chi connectivity index (χ3n) is 1.64. The van der Waals surface area contributed by atoms with Crippen LogP contribution < -0.4 is 0 Å². The van der Waals surface area contributed by atoms with Crippen molar-refractivity contribution in [3.8, 4) is 0 Å². The molecule has 1 heteroatoms. The molecule has 0 N–H and O–H groups in total. The maximum Gasteiger partial charge on any atom is 0.0213 e. The Bertz CT molecular complexity index is 264. The Kier molecular flexibility index (Phi) is 2.89. The van der Waals surface area contributed by atoms with Crippen LogP contribution in [0.1, 0.15) is 18.1 Å². The van der Waals surface area contributed by atoms with E-state index in [2.05, 4.69) is 41.6 Å². The average molecular weight is 210 g/mol. The van der Waals surface area contributed by atoms with Crippen LogP contribution in [-0.4, -0.2) is 0 Å². The van der Waals surface area contributed by atoms with Crippen molar-refractivity contribution in [3.63, 3.8) is 0 Å². The van der Waals surface area contributed by atoms with Crippen molar-refractivity contribution in [3.05, 3.63) is 46.5 Å². The van der Waals surface area contributed by atoms with Gasteiger partial charge in [-0.25, -0.2) is 0 Å². The van der Waals surface area contributed by atoms with Gasteiger partial charge in [-0.15, -0.1) is 0 Å². The van der Waals surface area contributed by atoms with Gasteiger partial charge in [0.1, 0.15) is 0 Å². The van der Waals surface area contributed by atoms with Gasteiger partial charge in [-0.1, -0.05) is 41.6 Å². The molecule has 0 aliphatic carbocycles. The molecule has 1 aromatic rings. The Morgan fingerprint density at radius 2 is 2.27 bits per heavy atom. The summed E-state index contributed by atoms with van der Waals surface area (Å²) in [6.07, 6.45) is 3.89. The molecular weight excluding hydrogens is 200 g/mol. The molecule has 1 aromatic carbocycles. The average Bonchev–Trinajstić information content (AvgIpc) is 2.04. The molecule has 0 aliphatic heterocycles. The summed E-state index contributed by atoms with van der Waals surface area (Å²) in [6.45, 7) is 5.72. The second-order valence-electron chi connectivity index (χ2n) is 2.34. The highest BCUT2D eigenvalue weighted by Crippen LogP contribution is 2.18. The Hall–Kier alpha value is -0.560. The molecule has 11 heavy (non-hydrogen) atoms. The Morgan fingerprint density at radius 1 is 1.55 bits per heavy atom. The van der Waals surface area contributed by atoms with Crippen LogP contribution in [0.3, 0.4) is 0 Å². The van der Waals surface area contributed by atoms with Crippen LogP contribution in [-0.2, 0) is 6.42 Å². The van der Waals surface area contributed by atoms with Crippen molar-refractivity contribution in [2.45, 2.75) is 13.3 Å². The normalized spacial score (nSPS) is 9.64. The first-order chi connectivity index (χ1) is 5.27. The van der Waals surface area contributed by atoms with Crippen LogP contribution in [0.2, 0.25) is 0 Å². The van der Waals surface area contributed by atoms with Crippen molar-refractivity contribution in [1.82, 2.24) is 0 Å². The van der Waals surface area contributed by atoms with E-state index in [4.69, 9.17) is 0 Å². The highest BCUT2D eigenvalue weighted by molar-refractivity contribution is 9.10. The number of hydrogen-bond donors (Lipinski definition) is 0. The van der Waals surface area contributed by atoms with Gasteiger partial charge in [0.2, 0.25) is 0 Å². The zero-order valence-corrected chi connectivity index (χ0v) is 8.11. The third-order valence-corrected chi connectivity index (χ3v) is 2.38. The number of aryl methyl sites for hydroxylation is 1. The predicted octanol–water partition coefficient (Wildman–Crippen LogP) is 3.35. The lowest BCUT2D eigenvalue weighted by molar-refractivity contribution is 1.12. The molecule has 57 valence electrons. The summed E-state index contributed by atoms with van der Waals surface area (Å²) in [7, 11) is 0. The van der Waals surface area contributed by atoms with Crippen molar-refractivity contribution in [2.24, 2.45) is 0 Å². The minimum absolute atomic E-state index is 1.04. The quantitative estimate of drug-likeness (QED) is 0.702. The first kappa shape index (κ1) is 8.54. The predicted molar refractivity (Wildman–Crippen MR) is 51.5 cm³/mol. The van der Waals surface area contributed by atoms with Crippen LogP contribution in [0.5, 0.6) is 0 Å². The van der Waals surface area contributed by atoms with Gasteiger partial charge in [-0.2, -0.15) is 0 Å². The second kappa shape index (κ2) is 3.72. The zero-order valence-electron chi connectivity index (χ0n) is 6.52. The van der Waals surface area contributed by atoms with E-state index in [0.29, 0.717) is 0 Å². The molecule has 0 unspecified atom stereocenters. The molecule has 0 saturated carbocycles. The molecule has 0 bridgehead atoms. The Labute approximate surface area is 76.1 Å². The summed E-state index contributed by atoms with van der Waals surface area (Å²) in [5.41, 5.74) is 2.36. The maximum absolute atomic E-state index is 3.58. The summed E-state index contributed by atoms with van der Waals surface area (Å²) < 4.78 is 1.15. The van der Waals surface area contributed by atoms with Gasteiger partial charge in [0.15, 0.2) is 0 Å². The van der Waals surface area contributed by atoms with Gasteiger partial charge < -0.3 is 0 Å². The Morgan fingerprint density at radius 3 is 2.73 bits per heavy atom. The molecule has 1 radical (unpaired) electrons. The lowest BCUT2D eigenvalue weighted by Gasteiger charge is -2.00. The highest BCUT2D eigenvalue weighted by Gasteiger charge is 1.96. The van der Waals surface area contributed by atoms with E-state index >= 15 is 0 Å². The molecule has 0 amide bonds. The van der Waals surface area contributed by atoms with E-state index < -0.39 is 0 Å². The molecule has 1 rings (SSSR count). The molecule has 0 atom stereocenters. The summed E-state index contributed by atoms with van der Waals surface area (Å²) in [5, 5.41) is 0. The lowest BCUT2D eigenvalue weighted by atomic mass is 10.1. The fourth-order valence-corrected chi connectivity index (χ4v) is 1.60. The largest absolute Gasteiger partial charge is 0.0906 e. The Balaban J connectivity index is 3.09. The fourth-order valence-electron chi connectivity index (χ4n) is 0.944. The number of benzene rings is 1. The molecule has 0 spiro atoms. The van der Waals surface area contributed by atoms with Gasteiger partial charge in [0.25, 0.3) is 0 Å². The van der Waals surface area contributed by atoms with E-state index in [1.54, 1.807) is 0 Å². The van der Waals surface area contributed by atoms with E-state index in [1.807, 2.05) is 12.1 Å². The molecule has 0 aromatic heterocycles. The lowest BCUT2D eigenvalue weighted by Crippen LogP contribution is -1.83. The summed E-state index contributed by atoms with van der Waals surface area (Å²) in [4.78, 5) is 0. The third kappa shape index (κ3) is 1.93.